The molecule has 0 N–H and O–H groups in total. The van der Waals surface area contributed by atoms with Crippen molar-refractivity contribution in [2.24, 2.45) is 5.92 Å². The molecule has 0 radical (unpaired) electrons. The molecule has 2 atom stereocenters. The fourth-order valence-electron chi connectivity index (χ4n) is 1.71. The summed E-state index contributed by atoms with van der Waals surface area (Å²) in [4.78, 5) is 1.32. The molecule has 0 bridgehead atoms. The van der Waals surface area contributed by atoms with Crippen molar-refractivity contribution in [1.29, 1.82) is 5.26 Å². The molecule has 0 saturated heterocycles. The number of hydrogen-bond acceptors (Lipinski definition) is 2. The number of halogens is 4. The van der Waals surface area contributed by atoms with Crippen molar-refractivity contribution < 1.29 is 17.6 Å². The maximum Gasteiger partial charge on any atom is 0.405 e. The van der Waals surface area contributed by atoms with Crippen LogP contribution in [0.4, 0.5) is 17.6 Å². The average Bonchev–Trinajstić information content (AvgIpc) is 2.34. The summed E-state index contributed by atoms with van der Waals surface area (Å²) in [6.45, 7) is 1.11. The molecule has 1 aromatic rings. The maximum atomic E-state index is 13.5. The first-order valence-corrected chi connectivity index (χ1v) is 5.68. The van der Waals surface area contributed by atoms with E-state index in [2.05, 4.69) is 0 Å². The van der Waals surface area contributed by atoms with Crippen molar-refractivity contribution in [1.82, 2.24) is 4.90 Å². The van der Waals surface area contributed by atoms with Crippen LogP contribution in [0.25, 0.3) is 0 Å². The van der Waals surface area contributed by atoms with E-state index in [1.54, 1.807) is 13.0 Å². The molecule has 0 aliphatic rings. The molecule has 0 spiro atoms. The van der Waals surface area contributed by atoms with E-state index in [0.717, 1.165) is 0 Å². The van der Waals surface area contributed by atoms with Crippen molar-refractivity contribution in [2.75, 3.05) is 13.6 Å². The molecule has 0 fully saturated rings. The van der Waals surface area contributed by atoms with E-state index in [-0.39, 0.29) is 0 Å². The van der Waals surface area contributed by atoms with E-state index in [1.807, 2.05) is 0 Å². The highest BCUT2D eigenvalue weighted by Crippen LogP contribution is 2.29. The predicted molar refractivity (Wildman–Crippen MR) is 62.6 cm³/mol. The summed E-state index contributed by atoms with van der Waals surface area (Å²) in [6.07, 6.45) is -4.57. The standard InChI is InChI=1S/C13H14F4N2/c1-9(11-5-3-4-6-12(11)14)19(2)8-10(7-18)13(15,16)17/h3-6,9-10H,8H2,1-2H3. The summed E-state index contributed by atoms with van der Waals surface area (Å²) in [5.41, 5.74) is 0.309. The van der Waals surface area contributed by atoms with Crippen LogP contribution < -0.4 is 0 Å². The second-order valence-electron chi connectivity index (χ2n) is 4.36. The van der Waals surface area contributed by atoms with Crippen LogP contribution in [0.15, 0.2) is 24.3 Å². The van der Waals surface area contributed by atoms with Crippen molar-refractivity contribution in [2.45, 2.75) is 19.1 Å². The van der Waals surface area contributed by atoms with E-state index in [0.29, 0.717) is 5.56 Å². The van der Waals surface area contributed by atoms with Crippen molar-refractivity contribution in [3.05, 3.63) is 35.6 Å². The summed E-state index contributed by atoms with van der Waals surface area (Å²) in [5, 5.41) is 8.55. The number of alkyl halides is 3. The van der Waals surface area contributed by atoms with Gasteiger partial charge in [-0.15, -0.1) is 0 Å². The van der Waals surface area contributed by atoms with Gasteiger partial charge in [0.1, 0.15) is 5.82 Å². The molecule has 2 nitrogen and oxygen atoms in total. The van der Waals surface area contributed by atoms with Crippen LogP contribution in [0.1, 0.15) is 18.5 Å². The molecule has 0 amide bonds. The molecule has 19 heavy (non-hydrogen) atoms. The lowest BCUT2D eigenvalue weighted by atomic mass is 10.0. The van der Waals surface area contributed by atoms with Gasteiger partial charge in [-0.3, -0.25) is 4.90 Å². The van der Waals surface area contributed by atoms with Crippen LogP contribution in [0, 0.1) is 23.1 Å². The molecule has 104 valence electrons. The minimum atomic E-state index is -4.57. The molecule has 0 aromatic heterocycles. The normalized spacial score (nSPS) is 15.1. The lowest BCUT2D eigenvalue weighted by Crippen LogP contribution is -2.35. The Hall–Kier alpha value is -1.61. The number of nitrogens with zero attached hydrogens (tertiary/aromatic N) is 2. The zero-order valence-corrected chi connectivity index (χ0v) is 10.6. The molecular weight excluding hydrogens is 260 g/mol. The molecule has 0 aliphatic heterocycles. The van der Waals surface area contributed by atoms with Crippen LogP contribution in [0.5, 0.6) is 0 Å². The Morgan fingerprint density at radius 1 is 1.32 bits per heavy atom. The van der Waals surface area contributed by atoms with E-state index in [1.165, 1.54) is 36.2 Å². The van der Waals surface area contributed by atoms with Crippen LogP contribution >= 0.6 is 0 Å². The van der Waals surface area contributed by atoms with Gasteiger partial charge in [-0.25, -0.2) is 4.39 Å². The highest BCUT2D eigenvalue weighted by molar-refractivity contribution is 5.20. The van der Waals surface area contributed by atoms with Gasteiger partial charge in [-0.05, 0) is 20.0 Å². The third kappa shape index (κ3) is 3.93. The number of nitriles is 1. The first-order valence-electron chi connectivity index (χ1n) is 5.68. The minimum absolute atomic E-state index is 0.309. The molecular formula is C13H14F4N2. The van der Waals surface area contributed by atoms with Gasteiger partial charge in [-0.2, -0.15) is 18.4 Å². The number of hydrogen-bond donors (Lipinski definition) is 0. The van der Waals surface area contributed by atoms with E-state index in [9.17, 15) is 17.6 Å². The third-order valence-corrected chi connectivity index (χ3v) is 3.04. The first-order chi connectivity index (χ1) is 8.77. The maximum absolute atomic E-state index is 13.5. The molecule has 2 unspecified atom stereocenters. The quantitative estimate of drug-likeness (QED) is 0.785. The zero-order chi connectivity index (χ0) is 14.6. The van der Waals surface area contributed by atoms with Gasteiger partial charge >= 0.3 is 6.18 Å². The highest BCUT2D eigenvalue weighted by atomic mass is 19.4. The van der Waals surface area contributed by atoms with Crippen molar-refractivity contribution in [3.8, 4) is 6.07 Å². The Balaban J connectivity index is 2.82. The van der Waals surface area contributed by atoms with Gasteiger partial charge in [0.15, 0.2) is 5.92 Å². The Labute approximate surface area is 109 Å². The van der Waals surface area contributed by atoms with E-state index < -0.39 is 30.5 Å². The molecule has 0 heterocycles. The van der Waals surface area contributed by atoms with Gasteiger partial charge in [0.05, 0.1) is 6.07 Å². The molecule has 0 aliphatic carbocycles. The fourth-order valence-corrected chi connectivity index (χ4v) is 1.71. The predicted octanol–water partition coefficient (Wildman–Crippen LogP) is 3.52. The molecule has 6 heteroatoms. The Kier molecular flexibility index (Phi) is 4.90. The molecule has 1 aromatic carbocycles. The van der Waals surface area contributed by atoms with Crippen LogP contribution in [0.2, 0.25) is 0 Å². The number of benzene rings is 1. The zero-order valence-electron chi connectivity index (χ0n) is 10.6. The van der Waals surface area contributed by atoms with E-state index in [4.69, 9.17) is 5.26 Å². The van der Waals surface area contributed by atoms with Gasteiger partial charge in [0.25, 0.3) is 0 Å². The van der Waals surface area contributed by atoms with Crippen molar-refractivity contribution in [3.63, 3.8) is 0 Å². The summed E-state index contributed by atoms with van der Waals surface area (Å²) in [6, 6.07) is 6.60. The summed E-state index contributed by atoms with van der Waals surface area (Å²) >= 11 is 0. The van der Waals surface area contributed by atoms with Gasteiger partial charge in [-0.1, -0.05) is 18.2 Å². The Bertz CT molecular complexity index is 464. The topological polar surface area (TPSA) is 27.0 Å². The van der Waals surface area contributed by atoms with Crippen LogP contribution in [-0.2, 0) is 0 Å². The SMILES string of the molecule is CC(c1ccccc1F)N(C)CC(C#N)C(F)(F)F. The second kappa shape index (κ2) is 6.02. The van der Waals surface area contributed by atoms with Gasteiger partial charge in [0, 0.05) is 18.2 Å². The Morgan fingerprint density at radius 2 is 1.89 bits per heavy atom. The fraction of sp³-hybridized carbons (Fsp3) is 0.462. The lowest BCUT2D eigenvalue weighted by Gasteiger charge is -2.27. The summed E-state index contributed by atoms with van der Waals surface area (Å²) in [7, 11) is 1.44. The Morgan fingerprint density at radius 3 is 2.37 bits per heavy atom. The van der Waals surface area contributed by atoms with Crippen LogP contribution in [-0.4, -0.2) is 24.7 Å². The summed E-state index contributed by atoms with van der Waals surface area (Å²) < 4.78 is 51.0. The molecule has 1 rings (SSSR count). The first kappa shape index (κ1) is 15.4. The van der Waals surface area contributed by atoms with E-state index >= 15 is 0 Å². The second-order valence-corrected chi connectivity index (χ2v) is 4.36. The van der Waals surface area contributed by atoms with Crippen LogP contribution in [0.3, 0.4) is 0 Å². The molecule has 0 saturated carbocycles. The highest BCUT2D eigenvalue weighted by Gasteiger charge is 2.41. The van der Waals surface area contributed by atoms with Gasteiger partial charge < -0.3 is 0 Å². The minimum Gasteiger partial charge on any atom is -0.298 e. The smallest absolute Gasteiger partial charge is 0.298 e. The lowest BCUT2D eigenvalue weighted by molar-refractivity contribution is -0.163. The van der Waals surface area contributed by atoms with Crippen molar-refractivity contribution >= 4 is 0 Å². The van der Waals surface area contributed by atoms with Gasteiger partial charge in [0.2, 0.25) is 0 Å². The largest absolute Gasteiger partial charge is 0.405 e. The number of rotatable bonds is 4. The third-order valence-electron chi connectivity index (χ3n) is 3.04. The summed E-state index contributed by atoms with van der Waals surface area (Å²) in [5.74, 6) is -2.55. The monoisotopic (exact) mass is 274 g/mol. The average molecular weight is 274 g/mol.